The average Bonchev–Trinajstić information content (AvgIpc) is 3.01. The number of aromatic nitrogens is 2. The van der Waals surface area contributed by atoms with Gasteiger partial charge in [-0.05, 0) is 26.1 Å². The maximum absolute atomic E-state index is 11.9. The summed E-state index contributed by atoms with van der Waals surface area (Å²) in [5.74, 6) is 0.550. The summed E-state index contributed by atoms with van der Waals surface area (Å²) >= 11 is 0. The average molecular weight is 277 g/mol. The lowest BCUT2D eigenvalue weighted by atomic mass is 10.2. The Balaban J connectivity index is 2.08. The monoisotopic (exact) mass is 277 g/mol. The Morgan fingerprint density at radius 1 is 1.50 bits per heavy atom. The molecular weight excluding hydrogens is 258 g/mol. The van der Waals surface area contributed by atoms with Crippen LogP contribution in [0, 0.1) is 0 Å². The van der Waals surface area contributed by atoms with Crippen LogP contribution in [0.3, 0.4) is 0 Å². The van der Waals surface area contributed by atoms with E-state index in [1.807, 2.05) is 26.2 Å². The molecule has 0 aliphatic rings. The molecule has 0 atom stereocenters. The molecule has 0 aliphatic carbocycles. The van der Waals surface area contributed by atoms with Crippen LogP contribution < -0.4 is 0 Å². The van der Waals surface area contributed by atoms with Gasteiger partial charge in [0.25, 0.3) is 0 Å². The largest absolute Gasteiger partial charge is 0.468 e. The smallest absolute Gasteiger partial charge is 0.341 e. The first-order valence-corrected chi connectivity index (χ1v) is 6.50. The zero-order valence-corrected chi connectivity index (χ0v) is 12.0. The van der Waals surface area contributed by atoms with Crippen molar-refractivity contribution in [1.82, 2.24) is 14.7 Å². The fourth-order valence-corrected chi connectivity index (χ4v) is 2.01. The number of esters is 1. The molecular formula is C14H19N3O3. The molecule has 6 heteroatoms. The molecule has 2 heterocycles. The van der Waals surface area contributed by atoms with Crippen molar-refractivity contribution in [3.8, 4) is 0 Å². The second-order valence-corrected chi connectivity index (χ2v) is 4.60. The van der Waals surface area contributed by atoms with Crippen LogP contribution >= 0.6 is 0 Å². The van der Waals surface area contributed by atoms with Gasteiger partial charge < -0.3 is 9.15 Å². The van der Waals surface area contributed by atoms with Crippen molar-refractivity contribution in [3.63, 3.8) is 0 Å². The molecule has 0 aliphatic heterocycles. The van der Waals surface area contributed by atoms with Gasteiger partial charge in [-0.15, -0.1) is 0 Å². The van der Waals surface area contributed by atoms with Crippen LogP contribution in [-0.4, -0.2) is 34.3 Å². The van der Waals surface area contributed by atoms with Crippen LogP contribution in [0.1, 0.15) is 28.7 Å². The number of rotatable bonds is 6. The van der Waals surface area contributed by atoms with Crippen LogP contribution in [-0.2, 0) is 24.9 Å². The van der Waals surface area contributed by atoms with Gasteiger partial charge in [-0.2, -0.15) is 5.10 Å². The van der Waals surface area contributed by atoms with E-state index in [0.717, 1.165) is 11.5 Å². The van der Waals surface area contributed by atoms with Gasteiger partial charge >= 0.3 is 5.97 Å². The lowest BCUT2D eigenvalue weighted by Crippen LogP contribution is -2.21. The molecule has 0 spiro atoms. The first kappa shape index (κ1) is 14.3. The molecule has 0 N–H and O–H groups in total. The SMILES string of the molecule is CCOC(=O)c1cnn(C)c1CN(C)Cc1ccco1. The topological polar surface area (TPSA) is 60.5 Å². The van der Waals surface area contributed by atoms with Crippen molar-refractivity contribution in [2.75, 3.05) is 13.7 Å². The Labute approximate surface area is 117 Å². The summed E-state index contributed by atoms with van der Waals surface area (Å²) in [5, 5.41) is 4.14. The Morgan fingerprint density at radius 3 is 2.95 bits per heavy atom. The van der Waals surface area contributed by atoms with E-state index < -0.39 is 0 Å². The van der Waals surface area contributed by atoms with Gasteiger partial charge in [0.1, 0.15) is 11.3 Å². The fourth-order valence-electron chi connectivity index (χ4n) is 2.01. The van der Waals surface area contributed by atoms with E-state index in [1.54, 1.807) is 24.1 Å². The molecule has 6 nitrogen and oxygen atoms in total. The molecule has 2 aromatic rings. The van der Waals surface area contributed by atoms with E-state index in [1.165, 1.54) is 0 Å². The minimum atomic E-state index is -0.331. The van der Waals surface area contributed by atoms with Crippen molar-refractivity contribution >= 4 is 5.97 Å². The normalized spacial score (nSPS) is 11.0. The van der Waals surface area contributed by atoms with E-state index in [-0.39, 0.29) is 5.97 Å². The lowest BCUT2D eigenvalue weighted by molar-refractivity contribution is 0.0524. The molecule has 0 saturated heterocycles. The summed E-state index contributed by atoms with van der Waals surface area (Å²) in [4.78, 5) is 13.9. The third-order valence-electron chi connectivity index (χ3n) is 2.98. The quantitative estimate of drug-likeness (QED) is 0.754. The third kappa shape index (κ3) is 3.27. The molecule has 20 heavy (non-hydrogen) atoms. The number of ether oxygens (including phenoxy) is 1. The highest BCUT2D eigenvalue weighted by molar-refractivity contribution is 5.90. The third-order valence-corrected chi connectivity index (χ3v) is 2.98. The molecule has 0 aromatic carbocycles. The van der Waals surface area contributed by atoms with Crippen LogP contribution in [0.5, 0.6) is 0 Å². The second-order valence-electron chi connectivity index (χ2n) is 4.60. The number of nitrogens with zero attached hydrogens (tertiary/aromatic N) is 3. The van der Waals surface area contributed by atoms with Gasteiger partial charge in [-0.3, -0.25) is 9.58 Å². The minimum Gasteiger partial charge on any atom is -0.468 e. The fraction of sp³-hybridized carbons (Fsp3) is 0.429. The zero-order chi connectivity index (χ0) is 14.5. The van der Waals surface area contributed by atoms with Crippen LogP contribution in [0.15, 0.2) is 29.0 Å². The minimum absolute atomic E-state index is 0.331. The number of aryl methyl sites for hydroxylation is 1. The molecule has 2 rings (SSSR count). The maximum Gasteiger partial charge on any atom is 0.341 e. The van der Waals surface area contributed by atoms with Crippen molar-refractivity contribution in [2.24, 2.45) is 7.05 Å². The highest BCUT2D eigenvalue weighted by atomic mass is 16.5. The Morgan fingerprint density at radius 2 is 2.30 bits per heavy atom. The highest BCUT2D eigenvalue weighted by Crippen LogP contribution is 2.13. The summed E-state index contributed by atoms with van der Waals surface area (Å²) in [6.07, 6.45) is 3.20. The number of hydrogen-bond acceptors (Lipinski definition) is 5. The molecule has 0 amide bonds. The van der Waals surface area contributed by atoms with E-state index in [2.05, 4.69) is 10.00 Å². The van der Waals surface area contributed by atoms with E-state index in [9.17, 15) is 4.79 Å². The number of carbonyl (C=O) groups is 1. The molecule has 0 fully saturated rings. The van der Waals surface area contributed by atoms with Crippen LogP contribution in [0.25, 0.3) is 0 Å². The van der Waals surface area contributed by atoms with Gasteiger partial charge in [-0.25, -0.2) is 4.79 Å². The number of hydrogen-bond donors (Lipinski definition) is 0. The molecule has 2 aromatic heterocycles. The van der Waals surface area contributed by atoms with Gasteiger partial charge in [-0.1, -0.05) is 0 Å². The highest BCUT2D eigenvalue weighted by Gasteiger charge is 2.18. The molecule has 0 bridgehead atoms. The van der Waals surface area contributed by atoms with Crippen LogP contribution in [0.4, 0.5) is 0 Å². The van der Waals surface area contributed by atoms with Gasteiger partial charge in [0.2, 0.25) is 0 Å². The van der Waals surface area contributed by atoms with E-state index in [4.69, 9.17) is 9.15 Å². The molecule has 108 valence electrons. The first-order chi connectivity index (χ1) is 9.61. The van der Waals surface area contributed by atoms with Crippen molar-refractivity contribution in [1.29, 1.82) is 0 Å². The maximum atomic E-state index is 11.9. The van der Waals surface area contributed by atoms with E-state index in [0.29, 0.717) is 25.3 Å². The first-order valence-electron chi connectivity index (χ1n) is 6.50. The second kappa shape index (κ2) is 6.38. The molecule has 0 radical (unpaired) electrons. The predicted molar refractivity (Wildman–Crippen MR) is 73.0 cm³/mol. The van der Waals surface area contributed by atoms with Gasteiger partial charge in [0.15, 0.2) is 0 Å². The summed E-state index contributed by atoms with van der Waals surface area (Å²) in [5.41, 5.74) is 1.35. The molecule has 0 saturated carbocycles. The van der Waals surface area contributed by atoms with E-state index >= 15 is 0 Å². The predicted octanol–water partition coefficient (Wildman–Crippen LogP) is 1.82. The van der Waals surface area contributed by atoms with Gasteiger partial charge in [0.05, 0.1) is 31.3 Å². The molecule has 0 unspecified atom stereocenters. The summed E-state index contributed by atoms with van der Waals surface area (Å²) in [7, 11) is 3.78. The van der Waals surface area contributed by atoms with Crippen LogP contribution in [0.2, 0.25) is 0 Å². The number of furan rings is 1. The Bertz CT molecular complexity index is 560. The van der Waals surface area contributed by atoms with Crippen molar-refractivity contribution in [3.05, 3.63) is 41.6 Å². The zero-order valence-electron chi connectivity index (χ0n) is 12.0. The summed E-state index contributed by atoms with van der Waals surface area (Å²) < 4.78 is 12.1. The van der Waals surface area contributed by atoms with Crippen molar-refractivity contribution in [2.45, 2.75) is 20.0 Å². The summed E-state index contributed by atoms with van der Waals surface area (Å²) in [6.45, 7) is 3.40. The Hall–Kier alpha value is -2.08. The van der Waals surface area contributed by atoms with Gasteiger partial charge in [0, 0.05) is 13.6 Å². The number of carbonyl (C=O) groups excluding carboxylic acids is 1. The lowest BCUT2D eigenvalue weighted by Gasteiger charge is -2.16. The Kier molecular flexibility index (Phi) is 4.57. The summed E-state index contributed by atoms with van der Waals surface area (Å²) in [6, 6.07) is 3.78. The standard InChI is InChI=1S/C14H19N3O3/c1-4-19-14(18)12-8-15-17(3)13(12)10-16(2)9-11-6-5-7-20-11/h5-8H,4,9-10H2,1-3H3. The van der Waals surface area contributed by atoms with Crippen molar-refractivity contribution < 1.29 is 13.9 Å².